The van der Waals surface area contributed by atoms with Gasteiger partial charge in [0.2, 0.25) is 16.0 Å². The van der Waals surface area contributed by atoms with Crippen molar-refractivity contribution in [1.29, 1.82) is 0 Å². The van der Waals surface area contributed by atoms with Crippen LogP contribution in [-0.4, -0.2) is 68.7 Å². The Morgan fingerprint density at radius 3 is 2.33 bits per heavy atom. The lowest BCUT2D eigenvalue weighted by atomic mass is 10.0. The van der Waals surface area contributed by atoms with E-state index in [2.05, 4.69) is 21.8 Å². The van der Waals surface area contributed by atoms with Gasteiger partial charge in [-0.2, -0.15) is 4.31 Å². The van der Waals surface area contributed by atoms with Gasteiger partial charge in [-0.1, -0.05) is 25.1 Å². The van der Waals surface area contributed by atoms with E-state index in [0.29, 0.717) is 44.4 Å². The number of anilines is 1. The molecule has 0 spiro atoms. The van der Waals surface area contributed by atoms with Gasteiger partial charge in [0.15, 0.2) is 11.6 Å². The zero-order chi connectivity index (χ0) is 25.1. The maximum absolute atomic E-state index is 14.8. The van der Waals surface area contributed by atoms with Crippen LogP contribution in [0.15, 0.2) is 59.8 Å². The number of nitrogens with zero attached hydrogens (tertiary/aromatic N) is 4. The largest absolute Gasteiger partial charge is 0.490 e. The minimum absolute atomic E-state index is 0.201. The van der Waals surface area contributed by atoms with Gasteiger partial charge in [-0.25, -0.2) is 22.8 Å². The van der Waals surface area contributed by atoms with Crippen LogP contribution in [0.4, 0.5) is 10.3 Å². The van der Waals surface area contributed by atoms with Crippen LogP contribution in [0.1, 0.15) is 12.5 Å². The highest BCUT2D eigenvalue weighted by atomic mass is 32.2. The number of hydrogen-bond acceptors (Lipinski definition) is 7. The van der Waals surface area contributed by atoms with Crippen LogP contribution in [0.2, 0.25) is 0 Å². The molecule has 5 rings (SSSR count). The van der Waals surface area contributed by atoms with Gasteiger partial charge in [-0.3, -0.25) is 0 Å². The van der Waals surface area contributed by atoms with E-state index in [1.54, 1.807) is 36.4 Å². The molecule has 2 aliphatic heterocycles. The number of hydrogen-bond donors (Lipinski definition) is 0. The lowest BCUT2D eigenvalue weighted by Gasteiger charge is -2.38. The van der Waals surface area contributed by atoms with Gasteiger partial charge in [-0.15, -0.1) is 0 Å². The van der Waals surface area contributed by atoms with Crippen molar-refractivity contribution in [2.24, 2.45) is 5.92 Å². The average Bonchev–Trinajstić information content (AvgIpc) is 2.89. The Kier molecular flexibility index (Phi) is 7.17. The quantitative estimate of drug-likeness (QED) is 0.458. The first kappa shape index (κ1) is 24.6. The highest BCUT2D eigenvalue weighted by Gasteiger charge is 2.29. The molecule has 2 aliphatic rings. The molecule has 0 amide bonds. The Bertz CT molecular complexity index is 1290. The summed E-state index contributed by atoms with van der Waals surface area (Å²) >= 11 is 0. The van der Waals surface area contributed by atoms with E-state index in [0.717, 1.165) is 30.6 Å². The van der Waals surface area contributed by atoms with Crippen LogP contribution in [0.5, 0.6) is 5.75 Å². The Morgan fingerprint density at radius 1 is 1.03 bits per heavy atom. The van der Waals surface area contributed by atoms with Gasteiger partial charge in [0.1, 0.15) is 0 Å². The first-order valence-electron chi connectivity index (χ1n) is 12.1. The fourth-order valence-electron chi connectivity index (χ4n) is 4.29. The van der Waals surface area contributed by atoms with Crippen molar-refractivity contribution in [2.75, 3.05) is 50.9 Å². The van der Waals surface area contributed by atoms with E-state index < -0.39 is 15.8 Å². The van der Waals surface area contributed by atoms with Gasteiger partial charge >= 0.3 is 0 Å². The summed E-state index contributed by atoms with van der Waals surface area (Å²) < 4.78 is 52.8. The summed E-state index contributed by atoms with van der Waals surface area (Å²) in [4.78, 5) is 11.1. The van der Waals surface area contributed by atoms with Crippen LogP contribution >= 0.6 is 0 Å². The van der Waals surface area contributed by atoms with Gasteiger partial charge in [0.05, 0.1) is 24.7 Å². The highest BCUT2D eigenvalue weighted by molar-refractivity contribution is 7.89. The molecule has 0 N–H and O–H groups in total. The third kappa shape index (κ3) is 5.21. The molecule has 2 saturated heterocycles. The predicted octanol–water partition coefficient (Wildman–Crippen LogP) is 3.38. The van der Waals surface area contributed by atoms with Crippen molar-refractivity contribution in [2.45, 2.75) is 18.2 Å². The topological polar surface area (TPSA) is 84.9 Å². The van der Waals surface area contributed by atoms with Crippen molar-refractivity contribution in [3.05, 3.63) is 66.2 Å². The molecule has 0 atom stereocenters. The normalized spacial score (nSPS) is 17.1. The lowest BCUT2D eigenvalue weighted by Crippen LogP contribution is -2.50. The maximum Gasteiger partial charge on any atom is 0.243 e. The molecule has 3 aromatic rings. The zero-order valence-corrected chi connectivity index (χ0v) is 21.0. The minimum atomic E-state index is -3.57. The Morgan fingerprint density at radius 2 is 1.69 bits per heavy atom. The Hall–Kier alpha value is -3.08. The fraction of sp³-hybridized carbons (Fsp3) is 0.385. The summed E-state index contributed by atoms with van der Waals surface area (Å²) in [5.41, 5.74) is 2.48. The van der Waals surface area contributed by atoms with Crippen molar-refractivity contribution in [1.82, 2.24) is 14.3 Å². The van der Waals surface area contributed by atoms with E-state index in [1.165, 1.54) is 10.4 Å². The molecule has 2 aromatic carbocycles. The highest BCUT2D eigenvalue weighted by Crippen LogP contribution is 2.29. The van der Waals surface area contributed by atoms with Crippen molar-refractivity contribution >= 4 is 16.0 Å². The van der Waals surface area contributed by atoms with E-state index in [1.807, 2.05) is 12.4 Å². The summed E-state index contributed by atoms with van der Waals surface area (Å²) in [6.07, 6.45) is 4.60. The molecule has 0 aliphatic carbocycles. The molecule has 1 aromatic heterocycles. The molecule has 0 radical (unpaired) electrons. The molecule has 190 valence electrons. The molecule has 2 fully saturated rings. The maximum atomic E-state index is 14.8. The van der Waals surface area contributed by atoms with Crippen molar-refractivity contribution in [3.8, 4) is 16.9 Å². The summed E-state index contributed by atoms with van der Waals surface area (Å²) in [5, 5.41) is 0. The van der Waals surface area contributed by atoms with Crippen LogP contribution < -0.4 is 9.64 Å². The fourth-order valence-corrected chi connectivity index (χ4v) is 5.70. The van der Waals surface area contributed by atoms with Gasteiger partial charge in [-0.05, 0) is 47.4 Å². The Labute approximate surface area is 210 Å². The van der Waals surface area contributed by atoms with Gasteiger partial charge in [0.25, 0.3) is 0 Å². The smallest absolute Gasteiger partial charge is 0.243 e. The van der Waals surface area contributed by atoms with Crippen LogP contribution in [0, 0.1) is 11.7 Å². The van der Waals surface area contributed by atoms with E-state index >= 15 is 0 Å². The summed E-state index contributed by atoms with van der Waals surface area (Å²) in [5.74, 6) is 0.738. The number of sulfonamides is 1. The van der Waals surface area contributed by atoms with E-state index in [-0.39, 0.29) is 16.6 Å². The molecular weight excluding hydrogens is 483 g/mol. The number of rotatable bonds is 8. The number of ether oxygens (including phenoxy) is 2. The second-order valence-corrected chi connectivity index (χ2v) is 11.0. The molecule has 3 heterocycles. The summed E-state index contributed by atoms with van der Waals surface area (Å²) in [7, 11) is -3.57. The lowest BCUT2D eigenvalue weighted by molar-refractivity contribution is 0.0730. The molecular formula is C26H29FN4O4S. The van der Waals surface area contributed by atoms with Gasteiger partial charge in [0, 0.05) is 44.5 Å². The first-order chi connectivity index (χ1) is 17.4. The van der Waals surface area contributed by atoms with Crippen molar-refractivity contribution < 1.29 is 22.3 Å². The van der Waals surface area contributed by atoms with Crippen LogP contribution in [0.3, 0.4) is 0 Å². The minimum Gasteiger partial charge on any atom is -0.490 e. The van der Waals surface area contributed by atoms with Gasteiger partial charge < -0.3 is 14.4 Å². The third-order valence-corrected chi connectivity index (χ3v) is 8.45. The third-order valence-electron chi connectivity index (χ3n) is 6.54. The number of aryl methyl sites for hydroxylation is 1. The number of aromatic nitrogens is 2. The molecule has 0 saturated carbocycles. The predicted molar refractivity (Wildman–Crippen MR) is 134 cm³/mol. The Balaban J connectivity index is 1.17. The molecule has 36 heavy (non-hydrogen) atoms. The second kappa shape index (κ2) is 10.5. The SMILES string of the molecule is CCc1cnc(N2CC(COc3ccc(-c4ccc(S(=O)(=O)N5CCOCC5)cc4)cc3F)C2)nc1. The molecule has 8 nitrogen and oxygen atoms in total. The standard InChI is InChI=1S/C26H29FN4O4S/c1-2-19-14-28-26(29-15-19)30-16-20(17-30)18-35-25-8-5-22(13-24(25)27)21-3-6-23(7-4-21)36(32,33)31-9-11-34-12-10-31/h3-8,13-15,20H,2,9-12,16-18H2,1H3. The van der Waals surface area contributed by atoms with Crippen LogP contribution in [-0.2, 0) is 21.2 Å². The summed E-state index contributed by atoms with van der Waals surface area (Å²) in [6, 6.07) is 11.3. The monoisotopic (exact) mass is 512 g/mol. The molecule has 10 heteroatoms. The molecule has 0 unspecified atom stereocenters. The number of benzene rings is 2. The molecule has 0 bridgehead atoms. The zero-order valence-electron chi connectivity index (χ0n) is 20.1. The summed E-state index contributed by atoms with van der Waals surface area (Å²) in [6.45, 7) is 5.49. The number of morpholine rings is 1. The second-order valence-electron chi connectivity index (χ2n) is 9.01. The van der Waals surface area contributed by atoms with Crippen molar-refractivity contribution in [3.63, 3.8) is 0 Å². The van der Waals surface area contributed by atoms with E-state index in [4.69, 9.17) is 9.47 Å². The van der Waals surface area contributed by atoms with Crippen LogP contribution in [0.25, 0.3) is 11.1 Å². The average molecular weight is 513 g/mol. The first-order valence-corrected chi connectivity index (χ1v) is 13.5. The number of halogens is 1. The van der Waals surface area contributed by atoms with E-state index in [9.17, 15) is 12.8 Å².